The van der Waals surface area contributed by atoms with Gasteiger partial charge in [0.15, 0.2) is 0 Å². The molecule has 1 saturated carbocycles. The van der Waals surface area contributed by atoms with Crippen LogP contribution in [-0.4, -0.2) is 54.7 Å². The summed E-state index contributed by atoms with van der Waals surface area (Å²) >= 11 is 0. The number of carbonyl (C=O) groups is 1. The number of amides is 2. The molecule has 1 heterocycles. The molecule has 1 aliphatic heterocycles. The molecule has 2 aliphatic rings. The van der Waals surface area contributed by atoms with Gasteiger partial charge >= 0.3 is 6.03 Å². The molecule has 16 heavy (non-hydrogen) atoms. The van der Waals surface area contributed by atoms with Crippen LogP contribution in [0.5, 0.6) is 0 Å². The second-order valence-corrected chi connectivity index (χ2v) is 4.66. The van der Waals surface area contributed by atoms with Crippen molar-refractivity contribution in [2.45, 2.75) is 38.6 Å². The van der Waals surface area contributed by atoms with Gasteiger partial charge in [0.2, 0.25) is 0 Å². The Balaban J connectivity index is 1.87. The summed E-state index contributed by atoms with van der Waals surface area (Å²) < 4.78 is 5.27. The molecule has 0 bridgehead atoms. The fourth-order valence-electron chi connectivity index (χ4n) is 2.09. The van der Waals surface area contributed by atoms with E-state index in [1.807, 2.05) is 4.90 Å². The summed E-state index contributed by atoms with van der Waals surface area (Å²) in [6.45, 7) is 6.00. The van der Waals surface area contributed by atoms with Crippen molar-refractivity contribution in [3.63, 3.8) is 0 Å². The van der Waals surface area contributed by atoms with Gasteiger partial charge in [-0.05, 0) is 19.3 Å². The molecule has 2 rings (SSSR count). The van der Waals surface area contributed by atoms with E-state index in [1.165, 1.54) is 12.8 Å². The van der Waals surface area contributed by atoms with E-state index in [0.717, 1.165) is 32.5 Å². The highest BCUT2D eigenvalue weighted by atomic mass is 16.5. The van der Waals surface area contributed by atoms with Crippen LogP contribution in [0.4, 0.5) is 4.79 Å². The normalized spacial score (nSPS) is 20.9. The monoisotopic (exact) mass is 226 g/mol. The van der Waals surface area contributed by atoms with Crippen LogP contribution in [0, 0.1) is 0 Å². The molecule has 4 heteroatoms. The lowest BCUT2D eigenvalue weighted by atomic mass is 10.3. The first-order chi connectivity index (χ1) is 7.83. The Kier molecular flexibility index (Phi) is 4.04. The Morgan fingerprint density at radius 2 is 2.06 bits per heavy atom. The Hall–Kier alpha value is -0.770. The summed E-state index contributed by atoms with van der Waals surface area (Å²) in [4.78, 5) is 16.3. The van der Waals surface area contributed by atoms with Crippen molar-refractivity contribution < 1.29 is 9.53 Å². The molecule has 0 atom stereocenters. The number of urea groups is 1. The number of carbonyl (C=O) groups excluding carboxylic acids is 1. The summed E-state index contributed by atoms with van der Waals surface area (Å²) in [6, 6.07) is 0.765. The van der Waals surface area contributed by atoms with E-state index in [9.17, 15) is 4.79 Å². The number of unbranched alkanes of at least 4 members (excludes halogenated alkanes) is 1. The van der Waals surface area contributed by atoms with Crippen LogP contribution in [0.1, 0.15) is 32.6 Å². The van der Waals surface area contributed by atoms with Gasteiger partial charge in [0, 0.05) is 25.7 Å². The molecule has 2 fully saturated rings. The van der Waals surface area contributed by atoms with Gasteiger partial charge in [-0.15, -0.1) is 0 Å². The molecule has 0 aromatic rings. The third-order valence-corrected chi connectivity index (χ3v) is 3.27. The summed E-state index contributed by atoms with van der Waals surface area (Å²) in [5.74, 6) is 0. The van der Waals surface area contributed by atoms with Crippen LogP contribution < -0.4 is 0 Å². The van der Waals surface area contributed by atoms with E-state index in [0.29, 0.717) is 19.3 Å². The number of nitrogens with zero attached hydrogens (tertiary/aromatic N) is 2. The van der Waals surface area contributed by atoms with Gasteiger partial charge < -0.3 is 14.5 Å². The van der Waals surface area contributed by atoms with Crippen molar-refractivity contribution in [3.05, 3.63) is 0 Å². The third-order valence-electron chi connectivity index (χ3n) is 3.27. The Bertz CT molecular complexity index is 235. The summed E-state index contributed by atoms with van der Waals surface area (Å²) in [6.07, 6.45) is 4.66. The molecule has 0 unspecified atom stereocenters. The van der Waals surface area contributed by atoms with Crippen molar-refractivity contribution in [1.82, 2.24) is 9.80 Å². The van der Waals surface area contributed by atoms with E-state index in [4.69, 9.17) is 4.74 Å². The second kappa shape index (κ2) is 5.53. The molecular formula is C12H22N2O2. The van der Waals surface area contributed by atoms with Gasteiger partial charge in [-0.2, -0.15) is 0 Å². The first-order valence-corrected chi connectivity index (χ1v) is 6.46. The largest absolute Gasteiger partial charge is 0.378 e. The molecule has 0 aromatic carbocycles. The maximum atomic E-state index is 12.3. The fraction of sp³-hybridized carbons (Fsp3) is 0.917. The van der Waals surface area contributed by atoms with Crippen LogP contribution in [0.15, 0.2) is 0 Å². The number of hydrogen-bond acceptors (Lipinski definition) is 2. The quantitative estimate of drug-likeness (QED) is 0.731. The number of hydrogen-bond donors (Lipinski definition) is 0. The lowest BCUT2D eigenvalue weighted by molar-refractivity contribution is 0.0424. The standard InChI is InChI=1S/C12H22N2O2/c1-2-3-6-14(11-4-5-11)12(15)13-7-9-16-10-8-13/h11H,2-10H2,1H3. The highest BCUT2D eigenvalue weighted by Crippen LogP contribution is 2.28. The molecule has 0 aromatic heterocycles. The maximum Gasteiger partial charge on any atom is 0.320 e. The average Bonchev–Trinajstić information content (AvgIpc) is 3.15. The second-order valence-electron chi connectivity index (χ2n) is 4.66. The van der Waals surface area contributed by atoms with Crippen molar-refractivity contribution in [3.8, 4) is 0 Å². The SMILES string of the molecule is CCCCN(C(=O)N1CCOCC1)C1CC1. The van der Waals surface area contributed by atoms with Crippen LogP contribution in [-0.2, 0) is 4.74 Å². The average molecular weight is 226 g/mol. The number of morpholine rings is 1. The molecule has 1 saturated heterocycles. The highest BCUT2D eigenvalue weighted by molar-refractivity contribution is 5.75. The molecular weight excluding hydrogens is 204 g/mol. The van der Waals surface area contributed by atoms with Crippen LogP contribution in [0.25, 0.3) is 0 Å². The van der Waals surface area contributed by atoms with Gasteiger partial charge in [0.05, 0.1) is 13.2 Å². The molecule has 0 spiro atoms. The zero-order valence-electron chi connectivity index (χ0n) is 10.2. The minimum atomic E-state index is 0.235. The van der Waals surface area contributed by atoms with E-state index in [1.54, 1.807) is 0 Å². The molecule has 1 aliphatic carbocycles. The molecule has 2 amide bonds. The predicted molar refractivity (Wildman–Crippen MR) is 62.4 cm³/mol. The molecule has 0 N–H and O–H groups in total. The maximum absolute atomic E-state index is 12.3. The highest BCUT2D eigenvalue weighted by Gasteiger charge is 2.34. The molecule has 92 valence electrons. The van der Waals surface area contributed by atoms with Crippen molar-refractivity contribution in [1.29, 1.82) is 0 Å². The summed E-state index contributed by atoms with van der Waals surface area (Å²) in [7, 11) is 0. The summed E-state index contributed by atoms with van der Waals surface area (Å²) in [5, 5.41) is 0. The Labute approximate surface area is 97.5 Å². The zero-order chi connectivity index (χ0) is 11.4. The van der Waals surface area contributed by atoms with Gasteiger partial charge in [0.25, 0.3) is 0 Å². The van der Waals surface area contributed by atoms with Crippen LogP contribution in [0.2, 0.25) is 0 Å². The van der Waals surface area contributed by atoms with E-state index >= 15 is 0 Å². The third kappa shape index (κ3) is 2.88. The lowest BCUT2D eigenvalue weighted by Gasteiger charge is -2.33. The lowest BCUT2D eigenvalue weighted by Crippen LogP contribution is -2.49. The first kappa shape index (κ1) is 11.7. The zero-order valence-corrected chi connectivity index (χ0v) is 10.2. The topological polar surface area (TPSA) is 32.8 Å². The van der Waals surface area contributed by atoms with Crippen molar-refractivity contribution >= 4 is 6.03 Å². The predicted octanol–water partition coefficient (Wildman–Crippen LogP) is 1.70. The number of rotatable bonds is 4. The Morgan fingerprint density at radius 1 is 1.38 bits per heavy atom. The van der Waals surface area contributed by atoms with Gasteiger partial charge in [-0.25, -0.2) is 4.79 Å². The smallest absolute Gasteiger partial charge is 0.320 e. The van der Waals surface area contributed by atoms with Crippen LogP contribution in [0.3, 0.4) is 0 Å². The molecule has 0 radical (unpaired) electrons. The minimum Gasteiger partial charge on any atom is -0.378 e. The number of ether oxygens (including phenoxy) is 1. The van der Waals surface area contributed by atoms with Crippen molar-refractivity contribution in [2.75, 3.05) is 32.8 Å². The van der Waals surface area contributed by atoms with Gasteiger partial charge in [0.1, 0.15) is 0 Å². The van der Waals surface area contributed by atoms with Gasteiger partial charge in [-0.3, -0.25) is 0 Å². The van der Waals surface area contributed by atoms with E-state index < -0.39 is 0 Å². The summed E-state index contributed by atoms with van der Waals surface area (Å²) in [5.41, 5.74) is 0. The van der Waals surface area contributed by atoms with Crippen molar-refractivity contribution in [2.24, 2.45) is 0 Å². The minimum absolute atomic E-state index is 0.235. The van der Waals surface area contributed by atoms with Gasteiger partial charge in [-0.1, -0.05) is 13.3 Å². The molecule has 4 nitrogen and oxygen atoms in total. The van der Waals surface area contributed by atoms with Crippen LogP contribution >= 0.6 is 0 Å². The van der Waals surface area contributed by atoms with E-state index in [2.05, 4.69) is 11.8 Å². The van der Waals surface area contributed by atoms with E-state index in [-0.39, 0.29) is 6.03 Å². The fourth-order valence-corrected chi connectivity index (χ4v) is 2.09. The Morgan fingerprint density at radius 3 is 2.62 bits per heavy atom. The first-order valence-electron chi connectivity index (χ1n) is 6.46.